The molecule has 0 aliphatic carbocycles. The van der Waals surface area contributed by atoms with Gasteiger partial charge in [-0.25, -0.2) is 9.78 Å². The average Bonchev–Trinajstić information content (AvgIpc) is 2.42. The fraction of sp³-hybridized carbons (Fsp3) is 0.214. The SMILES string of the molecule is Cc1cncn(CCNC(=O)Nc2cc(Cl)cc(Cl)c2)c1=O. The van der Waals surface area contributed by atoms with Crippen LogP contribution in [0.5, 0.6) is 0 Å². The van der Waals surface area contributed by atoms with Crippen molar-refractivity contribution in [1.82, 2.24) is 14.9 Å². The van der Waals surface area contributed by atoms with E-state index in [0.29, 0.717) is 27.8 Å². The van der Waals surface area contributed by atoms with Crippen LogP contribution in [-0.2, 0) is 6.54 Å². The highest BCUT2D eigenvalue weighted by Gasteiger charge is 2.04. The second kappa shape index (κ2) is 7.29. The molecule has 0 atom stereocenters. The molecule has 0 bridgehead atoms. The third kappa shape index (κ3) is 4.47. The molecule has 1 heterocycles. The van der Waals surface area contributed by atoms with Gasteiger partial charge in [0.05, 0.1) is 6.33 Å². The van der Waals surface area contributed by atoms with Gasteiger partial charge in [-0.1, -0.05) is 23.2 Å². The Labute approximate surface area is 137 Å². The van der Waals surface area contributed by atoms with Gasteiger partial charge in [0.25, 0.3) is 5.56 Å². The zero-order chi connectivity index (χ0) is 16.1. The molecule has 2 N–H and O–H groups in total. The number of aryl methyl sites for hydroxylation is 1. The Kier molecular flexibility index (Phi) is 5.41. The molecule has 0 saturated heterocycles. The van der Waals surface area contributed by atoms with Crippen LogP contribution in [0.3, 0.4) is 0 Å². The summed E-state index contributed by atoms with van der Waals surface area (Å²) in [5.74, 6) is 0. The minimum Gasteiger partial charge on any atom is -0.336 e. The predicted octanol–water partition coefficient (Wildman–Crippen LogP) is 2.68. The molecular formula is C14H14Cl2N4O2. The van der Waals surface area contributed by atoms with E-state index >= 15 is 0 Å². The van der Waals surface area contributed by atoms with Crippen molar-refractivity contribution in [3.05, 3.63) is 56.7 Å². The summed E-state index contributed by atoms with van der Waals surface area (Å²) in [5.41, 5.74) is 0.920. The number of aromatic nitrogens is 2. The van der Waals surface area contributed by atoms with Crippen LogP contribution >= 0.6 is 23.2 Å². The van der Waals surface area contributed by atoms with Crippen molar-refractivity contribution in [2.45, 2.75) is 13.5 Å². The van der Waals surface area contributed by atoms with Crippen LogP contribution in [0.1, 0.15) is 5.56 Å². The fourth-order valence-corrected chi connectivity index (χ4v) is 2.34. The topological polar surface area (TPSA) is 76.0 Å². The van der Waals surface area contributed by atoms with Gasteiger partial charge in [0, 0.05) is 40.6 Å². The van der Waals surface area contributed by atoms with Gasteiger partial charge in [-0.3, -0.25) is 9.36 Å². The van der Waals surface area contributed by atoms with E-state index in [4.69, 9.17) is 23.2 Å². The van der Waals surface area contributed by atoms with Crippen molar-refractivity contribution >= 4 is 34.9 Å². The minimum absolute atomic E-state index is 0.126. The molecule has 0 aliphatic rings. The first kappa shape index (κ1) is 16.3. The normalized spacial score (nSPS) is 10.3. The van der Waals surface area contributed by atoms with E-state index in [1.165, 1.54) is 17.1 Å². The number of carbonyl (C=O) groups excluding carboxylic acids is 1. The standard InChI is InChI=1S/C14H14Cl2N4O2/c1-9-7-17-8-20(13(9)21)3-2-18-14(22)19-12-5-10(15)4-11(16)6-12/h4-8H,2-3H2,1H3,(H2,18,19,22). The van der Waals surface area contributed by atoms with Gasteiger partial charge in [-0.15, -0.1) is 0 Å². The van der Waals surface area contributed by atoms with E-state index in [2.05, 4.69) is 15.6 Å². The number of benzene rings is 1. The van der Waals surface area contributed by atoms with Crippen molar-refractivity contribution in [3.8, 4) is 0 Å². The molecule has 0 radical (unpaired) electrons. The molecule has 0 spiro atoms. The van der Waals surface area contributed by atoms with Gasteiger partial charge in [-0.2, -0.15) is 0 Å². The minimum atomic E-state index is -0.410. The molecular weight excluding hydrogens is 327 g/mol. The summed E-state index contributed by atoms with van der Waals surface area (Å²) in [4.78, 5) is 27.5. The highest BCUT2D eigenvalue weighted by molar-refractivity contribution is 6.35. The van der Waals surface area contributed by atoms with Crippen LogP contribution in [0.15, 0.2) is 35.5 Å². The van der Waals surface area contributed by atoms with Crippen LogP contribution in [0.2, 0.25) is 10.0 Å². The number of nitrogens with zero attached hydrogens (tertiary/aromatic N) is 2. The van der Waals surface area contributed by atoms with Gasteiger partial charge >= 0.3 is 6.03 Å². The number of carbonyl (C=O) groups is 1. The van der Waals surface area contributed by atoms with Crippen molar-refractivity contribution < 1.29 is 4.79 Å². The maximum atomic E-state index is 11.8. The summed E-state index contributed by atoms with van der Waals surface area (Å²) < 4.78 is 1.44. The number of amides is 2. The van der Waals surface area contributed by atoms with Crippen molar-refractivity contribution in [1.29, 1.82) is 0 Å². The van der Waals surface area contributed by atoms with Crippen LogP contribution in [0, 0.1) is 6.92 Å². The Balaban J connectivity index is 1.88. The molecule has 116 valence electrons. The Hall–Kier alpha value is -2.05. The summed E-state index contributed by atoms with van der Waals surface area (Å²) in [5, 5.41) is 6.12. The van der Waals surface area contributed by atoms with Crippen molar-refractivity contribution in [2.24, 2.45) is 0 Å². The molecule has 6 nitrogen and oxygen atoms in total. The fourth-order valence-electron chi connectivity index (χ4n) is 1.81. The van der Waals surface area contributed by atoms with Gasteiger partial charge in [0.2, 0.25) is 0 Å². The first-order valence-electron chi connectivity index (χ1n) is 6.47. The number of rotatable bonds is 4. The molecule has 0 fully saturated rings. The third-order valence-electron chi connectivity index (χ3n) is 2.83. The maximum Gasteiger partial charge on any atom is 0.319 e. The van der Waals surface area contributed by atoms with Gasteiger partial charge in [0.1, 0.15) is 0 Å². The highest BCUT2D eigenvalue weighted by atomic mass is 35.5. The Morgan fingerprint density at radius 1 is 1.27 bits per heavy atom. The lowest BCUT2D eigenvalue weighted by Gasteiger charge is -2.09. The highest BCUT2D eigenvalue weighted by Crippen LogP contribution is 2.22. The van der Waals surface area contributed by atoms with E-state index in [0.717, 1.165) is 0 Å². The second-order valence-electron chi connectivity index (χ2n) is 4.61. The zero-order valence-corrected chi connectivity index (χ0v) is 13.3. The Bertz CT molecular complexity index is 726. The first-order chi connectivity index (χ1) is 10.5. The number of anilines is 1. The summed E-state index contributed by atoms with van der Waals surface area (Å²) in [6.45, 7) is 2.30. The molecule has 1 aromatic carbocycles. The van der Waals surface area contributed by atoms with Gasteiger partial charge < -0.3 is 10.6 Å². The zero-order valence-electron chi connectivity index (χ0n) is 11.8. The van der Waals surface area contributed by atoms with Crippen molar-refractivity contribution in [3.63, 3.8) is 0 Å². The van der Waals surface area contributed by atoms with E-state index in [-0.39, 0.29) is 12.1 Å². The quantitative estimate of drug-likeness (QED) is 0.898. The molecule has 1 aromatic heterocycles. The molecule has 8 heteroatoms. The van der Waals surface area contributed by atoms with Crippen molar-refractivity contribution in [2.75, 3.05) is 11.9 Å². The number of urea groups is 1. The molecule has 2 amide bonds. The number of nitrogens with one attached hydrogen (secondary N) is 2. The average molecular weight is 341 g/mol. The summed E-state index contributed by atoms with van der Waals surface area (Å²) in [6.07, 6.45) is 2.94. The molecule has 22 heavy (non-hydrogen) atoms. The number of hydrogen-bond acceptors (Lipinski definition) is 3. The summed E-state index contributed by atoms with van der Waals surface area (Å²) in [7, 11) is 0. The smallest absolute Gasteiger partial charge is 0.319 e. The summed E-state index contributed by atoms with van der Waals surface area (Å²) >= 11 is 11.7. The predicted molar refractivity (Wildman–Crippen MR) is 86.7 cm³/mol. The molecule has 0 aliphatic heterocycles. The third-order valence-corrected chi connectivity index (χ3v) is 3.27. The van der Waals surface area contributed by atoms with Crippen LogP contribution in [-0.4, -0.2) is 22.1 Å². The largest absolute Gasteiger partial charge is 0.336 e. The van der Waals surface area contributed by atoms with E-state index in [1.807, 2.05) is 0 Å². The first-order valence-corrected chi connectivity index (χ1v) is 7.23. The second-order valence-corrected chi connectivity index (χ2v) is 5.49. The lowest BCUT2D eigenvalue weighted by Crippen LogP contribution is -2.34. The van der Waals surface area contributed by atoms with Crippen LogP contribution in [0.25, 0.3) is 0 Å². The molecule has 2 rings (SSSR count). The molecule has 2 aromatic rings. The van der Waals surface area contributed by atoms with E-state index in [1.54, 1.807) is 25.1 Å². The van der Waals surface area contributed by atoms with Gasteiger partial charge in [0.15, 0.2) is 0 Å². The molecule has 0 saturated carbocycles. The number of halogens is 2. The Morgan fingerprint density at radius 2 is 1.95 bits per heavy atom. The molecule has 0 unspecified atom stereocenters. The lowest BCUT2D eigenvalue weighted by molar-refractivity contribution is 0.251. The van der Waals surface area contributed by atoms with Gasteiger partial charge in [-0.05, 0) is 25.1 Å². The number of hydrogen-bond donors (Lipinski definition) is 2. The monoisotopic (exact) mass is 340 g/mol. The van der Waals surface area contributed by atoms with Crippen LogP contribution < -0.4 is 16.2 Å². The lowest BCUT2D eigenvalue weighted by atomic mass is 10.3. The van der Waals surface area contributed by atoms with E-state index < -0.39 is 6.03 Å². The Morgan fingerprint density at radius 3 is 2.64 bits per heavy atom. The van der Waals surface area contributed by atoms with Crippen LogP contribution in [0.4, 0.5) is 10.5 Å². The maximum absolute atomic E-state index is 11.8. The summed E-state index contributed by atoms with van der Waals surface area (Å²) in [6, 6.07) is 4.33. The van der Waals surface area contributed by atoms with E-state index in [9.17, 15) is 9.59 Å².